The van der Waals surface area contributed by atoms with Gasteiger partial charge in [-0.1, -0.05) is 23.7 Å². The summed E-state index contributed by atoms with van der Waals surface area (Å²) in [5, 5.41) is 14.0. The minimum atomic E-state index is -0.601. The van der Waals surface area contributed by atoms with E-state index < -0.39 is 11.7 Å². The normalized spacial score (nSPS) is 30.3. The highest BCUT2D eigenvalue weighted by atomic mass is 35.5. The zero-order valence-electron chi connectivity index (χ0n) is 9.24. The van der Waals surface area contributed by atoms with Crippen molar-refractivity contribution in [1.82, 2.24) is 5.32 Å². The van der Waals surface area contributed by atoms with E-state index in [-0.39, 0.29) is 0 Å². The fourth-order valence-electron chi connectivity index (χ4n) is 2.27. The van der Waals surface area contributed by atoms with Gasteiger partial charge in [-0.15, -0.1) is 0 Å². The number of aliphatic hydroxyl groups excluding tert-OH is 1. The monoisotopic (exact) mass is 241 g/mol. The van der Waals surface area contributed by atoms with Crippen LogP contribution in [-0.2, 0) is 10.3 Å². The third-order valence-corrected chi connectivity index (χ3v) is 3.50. The molecule has 0 spiro atoms. The average Bonchev–Trinajstić information content (AvgIpc) is 2.31. The van der Waals surface area contributed by atoms with Gasteiger partial charge in [0.2, 0.25) is 0 Å². The first-order valence-electron chi connectivity index (χ1n) is 5.39. The van der Waals surface area contributed by atoms with Crippen molar-refractivity contribution in [3.05, 3.63) is 34.9 Å². The number of methoxy groups -OCH3 is 1. The van der Waals surface area contributed by atoms with E-state index >= 15 is 0 Å². The molecule has 2 N–H and O–H groups in total. The Hall–Kier alpha value is -0.610. The fourth-order valence-corrected chi connectivity index (χ4v) is 2.40. The highest BCUT2D eigenvalue weighted by molar-refractivity contribution is 6.30. The average molecular weight is 242 g/mol. The van der Waals surface area contributed by atoms with Crippen LogP contribution in [0, 0.1) is 0 Å². The minimum absolute atomic E-state index is 0.535. The molecule has 0 bridgehead atoms. The van der Waals surface area contributed by atoms with E-state index in [1.54, 1.807) is 7.11 Å². The van der Waals surface area contributed by atoms with Crippen molar-refractivity contribution in [3.8, 4) is 0 Å². The lowest BCUT2D eigenvalue weighted by Crippen LogP contribution is -2.53. The van der Waals surface area contributed by atoms with Gasteiger partial charge in [-0.25, -0.2) is 0 Å². The van der Waals surface area contributed by atoms with E-state index in [9.17, 15) is 5.11 Å². The second-order valence-corrected chi connectivity index (χ2v) is 4.51. The highest BCUT2D eigenvalue weighted by Crippen LogP contribution is 2.34. The number of ether oxygens (including phenoxy) is 1. The molecule has 1 aromatic carbocycles. The molecule has 0 unspecified atom stereocenters. The molecule has 0 saturated carbocycles. The third-order valence-electron chi connectivity index (χ3n) is 3.25. The molecule has 0 aliphatic carbocycles. The molecule has 1 saturated heterocycles. The molecule has 1 heterocycles. The SMILES string of the molecule is CO[C@]1(c2ccc(Cl)cc2)CCNC[C@@H]1O. The summed E-state index contributed by atoms with van der Waals surface area (Å²) in [6.07, 6.45) is 0.221. The van der Waals surface area contributed by atoms with Gasteiger partial charge in [0.25, 0.3) is 0 Å². The van der Waals surface area contributed by atoms with E-state index in [1.165, 1.54) is 0 Å². The predicted octanol–water partition coefficient (Wildman–Crippen LogP) is 1.54. The third kappa shape index (κ3) is 1.96. The maximum absolute atomic E-state index is 10.1. The Kier molecular flexibility index (Phi) is 3.50. The highest BCUT2D eigenvalue weighted by Gasteiger charge is 2.41. The fraction of sp³-hybridized carbons (Fsp3) is 0.500. The van der Waals surface area contributed by atoms with Gasteiger partial charge in [0, 0.05) is 18.7 Å². The van der Waals surface area contributed by atoms with Gasteiger partial charge in [0.1, 0.15) is 5.60 Å². The maximum Gasteiger partial charge on any atom is 0.121 e. The van der Waals surface area contributed by atoms with E-state index in [1.807, 2.05) is 24.3 Å². The number of benzene rings is 1. The minimum Gasteiger partial charge on any atom is -0.388 e. The Morgan fingerprint density at radius 1 is 1.44 bits per heavy atom. The Morgan fingerprint density at radius 3 is 2.69 bits per heavy atom. The van der Waals surface area contributed by atoms with E-state index in [4.69, 9.17) is 16.3 Å². The second-order valence-electron chi connectivity index (χ2n) is 4.07. The molecule has 16 heavy (non-hydrogen) atoms. The van der Waals surface area contributed by atoms with Crippen molar-refractivity contribution in [1.29, 1.82) is 0 Å². The van der Waals surface area contributed by atoms with Crippen molar-refractivity contribution in [3.63, 3.8) is 0 Å². The topological polar surface area (TPSA) is 41.5 Å². The summed E-state index contributed by atoms with van der Waals surface area (Å²) >= 11 is 5.86. The van der Waals surface area contributed by atoms with Gasteiger partial charge in [-0.05, 0) is 30.7 Å². The molecular weight excluding hydrogens is 226 g/mol. The Balaban J connectivity index is 2.36. The number of hydrogen-bond acceptors (Lipinski definition) is 3. The van der Waals surface area contributed by atoms with Gasteiger partial charge < -0.3 is 15.2 Å². The van der Waals surface area contributed by atoms with Crippen LogP contribution in [0.1, 0.15) is 12.0 Å². The maximum atomic E-state index is 10.1. The van der Waals surface area contributed by atoms with E-state index in [0.717, 1.165) is 18.5 Å². The summed E-state index contributed by atoms with van der Waals surface area (Å²) in [6.45, 7) is 1.39. The first kappa shape index (κ1) is 11.9. The summed E-state index contributed by atoms with van der Waals surface area (Å²) in [5.41, 5.74) is 0.379. The molecule has 3 nitrogen and oxygen atoms in total. The van der Waals surface area contributed by atoms with Crippen LogP contribution in [0.2, 0.25) is 5.02 Å². The molecule has 1 aromatic rings. The van der Waals surface area contributed by atoms with Crippen LogP contribution in [0.3, 0.4) is 0 Å². The summed E-state index contributed by atoms with van der Waals surface area (Å²) in [7, 11) is 1.64. The van der Waals surface area contributed by atoms with Crippen LogP contribution < -0.4 is 5.32 Å². The molecule has 4 heteroatoms. The lowest BCUT2D eigenvalue weighted by atomic mass is 9.82. The molecule has 2 rings (SSSR count). The quantitative estimate of drug-likeness (QED) is 0.825. The van der Waals surface area contributed by atoms with Gasteiger partial charge in [-0.2, -0.15) is 0 Å². The smallest absolute Gasteiger partial charge is 0.121 e. The molecule has 1 aliphatic heterocycles. The van der Waals surface area contributed by atoms with E-state index in [0.29, 0.717) is 11.6 Å². The summed E-state index contributed by atoms with van der Waals surface area (Å²) in [6, 6.07) is 7.49. The molecule has 0 amide bonds. The zero-order chi connectivity index (χ0) is 11.6. The van der Waals surface area contributed by atoms with Crippen LogP contribution in [0.5, 0.6) is 0 Å². The first-order chi connectivity index (χ1) is 7.69. The van der Waals surface area contributed by atoms with Crippen LogP contribution in [0.4, 0.5) is 0 Å². The molecule has 1 fully saturated rings. The Morgan fingerprint density at radius 2 is 2.12 bits per heavy atom. The number of piperidine rings is 1. The number of hydrogen-bond donors (Lipinski definition) is 2. The second kappa shape index (κ2) is 4.72. The van der Waals surface area contributed by atoms with Crippen molar-refractivity contribution < 1.29 is 9.84 Å². The van der Waals surface area contributed by atoms with Crippen molar-refractivity contribution in [2.75, 3.05) is 20.2 Å². The zero-order valence-corrected chi connectivity index (χ0v) is 10.00. The van der Waals surface area contributed by atoms with Crippen LogP contribution in [-0.4, -0.2) is 31.4 Å². The van der Waals surface area contributed by atoms with Gasteiger partial charge in [-0.3, -0.25) is 0 Å². The van der Waals surface area contributed by atoms with Gasteiger partial charge in [0.05, 0.1) is 6.10 Å². The Bertz CT molecular complexity index is 355. The van der Waals surface area contributed by atoms with E-state index in [2.05, 4.69) is 5.32 Å². The predicted molar refractivity (Wildman–Crippen MR) is 63.6 cm³/mol. The standard InChI is InChI=1S/C12H16ClNO2/c1-16-12(6-7-14-8-11(12)15)9-2-4-10(13)5-3-9/h2-5,11,14-15H,6-8H2,1H3/t11-,12-/m0/s1. The lowest BCUT2D eigenvalue weighted by molar-refractivity contribution is -0.124. The van der Waals surface area contributed by atoms with Crippen LogP contribution in [0.25, 0.3) is 0 Å². The van der Waals surface area contributed by atoms with Crippen molar-refractivity contribution in [2.45, 2.75) is 18.1 Å². The molecule has 2 atom stereocenters. The molecular formula is C12H16ClNO2. The van der Waals surface area contributed by atoms with Crippen molar-refractivity contribution in [2.24, 2.45) is 0 Å². The number of β-amino-alcohol motifs (C(OH)–C–C–N with tert-alkyl or cyclic N) is 1. The van der Waals surface area contributed by atoms with Crippen LogP contribution >= 0.6 is 11.6 Å². The van der Waals surface area contributed by atoms with Gasteiger partial charge in [0.15, 0.2) is 0 Å². The number of halogens is 1. The number of rotatable bonds is 2. The molecule has 0 aromatic heterocycles. The summed E-state index contributed by atoms with van der Waals surface area (Å²) < 4.78 is 5.58. The number of aliphatic hydroxyl groups is 1. The molecule has 88 valence electrons. The Labute approximate surface area is 100 Å². The first-order valence-corrected chi connectivity index (χ1v) is 5.77. The number of nitrogens with one attached hydrogen (secondary N) is 1. The molecule has 1 aliphatic rings. The largest absolute Gasteiger partial charge is 0.388 e. The van der Waals surface area contributed by atoms with Crippen LogP contribution in [0.15, 0.2) is 24.3 Å². The summed E-state index contributed by atoms with van der Waals surface area (Å²) in [5.74, 6) is 0. The lowest BCUT2D eigenvalue weighted by Gasteiger charge is -2.41. The summed E-state index contributed by atoms with van der Waals surface area (Å²) in [4.78, 5) is 0. The van der Waals surface area contributed by atoms with Gasteiger partial charge >= 0.3 is 0 Å². The molecule has 0 radical (unpaired) electrons. The van der Waals surface area contributed by atoms with Crippen molar-refractivity contribution >= 4 is 11.6 Å².